The third kappa shape index (κ3) is 4.08. The number of hydrogen-bond acceptors (Lipinski definition) is 5. The SMILES string of the molecule is CCOc1cc(NC2CCCC2)c2[nH]c(C3=N[C@H](CC(=O)O)CS3)cc2c1. The maximum atomic E-state index is 10.9. The third-order valence-corrected chi connectivity index (χ3v) is 6.23. The lowest BCUT2D eigenvalue weighted by molar-refractivity contribution is -0.137. The van der Waals surface area contributed by atoms with Crippen molar-refractivity contribution in [3.8, 4) is 5.75 Å². The maximum absolute atomic E-state index is 10.9. The van der Waals surface area contributed by atoms with Crippen molar-refractivity contribution < 1.29 is 14.6 Å². The predicted molar refractivity (Wildman–Crippen MR) is 110 cm³/mol. The summed E-state index contributed by atoms with van der Waals surface area (Å²) in [6, 6.07) is 6.57. The lowest BCUT2D eigenvalue weighted by Gasteiger charge is -2.15. The molecule has 27 heavy (non-hydrogen) atoms. The van der Waals surface area contributed by atoms with E-state index in [1.165, 1.54) is 25.7 Å². The topological polar surface area (TPSA) is 86.7 Å². The molecule has 0 amide bonds. The molecular weight excluding hydrogens is 362 g/mol. The van der Waals surface area contributed by atoms with Crippen molar-refractivity contribution in [2.75, 3.05) is 17.7 Å². The van der Waals surface area contributed by atoms with Crippen LogP contribution in [-0.4, -0.2) is 45.5 Å². The second kappa shape index (κ2) is 7.84. The van der Waals surface area contributed by atoms with E-state index in [1.807, 2.05) is 13.0 Å². The van der Waals surface area contributed by atoms with Crippen LogP contribution in [0.25, 0.3) is 10.9 Å². The summed E-state index contributed by atoms with van der Waals surface area (Å²) >= 11 is 1.62. The number of carboxylic acid groups (broad SMARTS) is 1. The fourth-order valence-electron chi connectivity index (χ4n) is 3.85. The highest BCUT2D eigenvalue weighted by Gasteiger charge is 2.24. The molecule has 0 saturated heterocycles. The van der Waals surface area contributed by atoms with Crippen LogP contribution in [-0.2, 0) is 4.79 Å². The first-order chi connectivity index (χ1) is 13.1. The zero-order chi connectivity index (χ0) is 18.8. The van der Waals surface area contributed by atoms with Crippen molar-refractivity contribution in [3.05, 3.63) is 23.9 Å². The van der Waals surface area contributed by atoms with Gasteiger partial charge in [0.25, 0.3) is 0 Å². The van der Waals surface area contributed by atoms with E-state index in [4.69, 9.17) is 9.84 Å². The summed E-state index contributed by atoms with van der Waals surface area (Å²) in [4.78, 5) is 19.0. The van der Waals surface area contributed by atoms with Crippen LogP contribution in [0.3, 0.4) is 0 Å². The number of rotatable bonds is 7. The first-order valence-electron chi connectivity index (χ1n) is 9.61. The van der Waals surface area contributed by atoms with Crippen molar-refractivity contribution in [2.24, 2.45) is 4.99 Å². The van der Waals surface area contributed by atoms with Gasteiger partial charge in [0.05, 0.1) is 36.0 Å². The molecule has 144 valence electrons. The Kier molecular flexibility index (Phi) is 5.29. The van der Waals surface area contributed by atoms with Gasteiger partial charge in [-0.25, -0.2) is 0 Å². The van der Waals surface area contributed by atoms with E-state index < -0.39 is 5.97 Å². The Bertz CT molecular complexity index is 871. The van der Waals surface area contributed by atoms with Crippen molar-refractivity contribution in [3.63, 3.8) is 0 Å². The molecule has 6 nitrogen and oxygen atoms in total. The maximum Gasteiger partial charge on any atom is 0.305 e. The molecule has 3 N–H and O–H groups in total. The van der Waals surface area contributed by atoms with Gasteiger partial charge in [-0.3, -0.25) is 9.79 Å². The van der Waals surface area contributed by atoms with Gasteiger partial charge >= 0.3 is 5.97 Å². The number of aromatic amines is 1. The number of anilines is 1. The summed E-state index contributed by atoms with van der Waals surface area (Å²) in [7, 11) is 0. The molecule has 2 heterocycles. The van der Waals surface area contributed by atoms with E-state index >= 15 is 0 Å². The second-order valence-corrected chi connectivity index (χ2v) is 8.18. The summed E-state index contributed by atoms with van der Waals surface area (Å²) in [5.74, 6) is 0.779. The van der Waals surface area contributed by atoms with Gasteiger partial charge in [-0.05, 0) is 31.9 Å². The van der Waals surface area contributed by atoms with Crippen LogP contribution in [0.4, 0.5) is 5.69 Å². The lowest BCUT2D eigenvalue weighted by Crippen LogP contribution is -2.14. The molecule has 0 unspecified atom stereocenters. The van der Waals surface area contributed by atoms with E-state index in [2.05, 4.69) is 27.4 Å². The Balaban J connectivity index is 1.66. The van der Waals surface area contributed by atoms with Crippen LogP contribution in [0, 0.1) is 0 Å². The molecule has 1 fully saturated rings. The third-order valence-electron chi connectivity index (χ3n) is 5.08. The largest absolute Gasteiger partial charge is 0.494 e. The van der Waals surface area contributed by atoms with Gasteiger partial charge in [0.1, 0.15) is 10.8 Å². The second-order valence-electron chi connectivity index (χ2n) is 7.17. The number of nitrogens with zero attached hydrogens (tertiary/aromatic N) is 1. The number of carboxylic acids is 1. The number of thioether (sulfide) groups is 1. The number of aromatic nitrogens is 1. The quantitative estimate of drug-likeness (QED) is 0.661. The summed E-state index contributed by atoms with van der Waals surface area (Å²) in [5.41, 5.74) is 3.08. The summed E-state index contributed by atoms with van der Waals surface area (Å²) in [6.07, 6.45) is 5.04. The average molecular weight is 388 g/mol. The first kappa shape index (κ1) is 18.2. The highest BCUT2D eigenvalue weighted by Crippen LogP contribution is 2.34. The lowest BCUT2D eigenvalue weighted by atomic mass is 10.1. The van der Waals surface area contributed by atoms with Crippen LogP contribution in [0.5, 0.6) is 5.75 Å². The van der Waals surface area contributed by atoms with E-state index in [9.17, 15) is 4.79 Å². The van der Waals surface area contributed by atoms with E-state index in [0.717, 1.165) is 33.1 Å². The van der Waals surface area contributed by atoms with Crippen molar-refractivity contribution in [1.82, 2.24) is 4.98 Å². The fraction of sp³-hybridized carbons (Fsp3) is 0.500. The molecule has 0 spiro atoms. The van der Waals surface area contributed by atoms with Crippen molar-refractivity contribution >= 4 is 39.4 Å². The summed E-state index contributed by atoms with van der Waals surface area (Å²) < 4.78 is 5.76. The summed E-state index contributed by atoms with van der Waals surface area (Å²) in [6.45, 7) is 2.62. The van der Waals surface area contributed by atoms with Gasteiger partial charge in [-0.2, -0.15) is 0 Å². The molecule has 1 saturated carbocycles. The Morgan fingerprint density at radius 3 is 2.93 bits per heavy atom. The minimum absolute atomic E-state index is 0.0830. The van der Waals surface area contributed by atoms with Gasteiger partial charge in [0.15, 0.2) is 0 Å². The Morgan fingerprint density at radius 2 is 2.19 bits per heavy atom. The molecule has 1 aromatic carbocycles. The van der Waals surface area contributed by atoms with Crippen LogP contribution in [0.15, 0.2) is 23.2 Å². The highest BCUT2D eigenvalue weighted by molar-refractivity contribution is 8.14. The van der Waals surface area contributed by atoms with Gasteiger partial charge in [-0.15, -0.1) is 11.8 Å². The van der Waals surface area contributed by atoms with Gasteiger partial charge in [0, 0.05) is 23.2 Å². The molecule has 2 aliphatic rings. The molecular formula is C20H25N3O3S. The number of aliphatic imine (C=N–C) groups is 1. The fourth-order valence-corrected chi connectivity index (χ4v) is 4.89. The molecule has 1 aliphatic carbocycles. The Labute approximate surface area is 162 Å². The minimum Gasteiger partial charge on any atom is -0.494 e. The van der Waals surface area contributed by atoms with Crippen molar-refractivity contribution in [1.29, 1.82) is 0 Å². The van der Waals surface area contributed by atoms with E-state index in [1.54, 1.807) is 11.8 Å². The molecule has 1 aromatic heterocycles. The monoisotopic (exact) mass is 387 g/mol. The minimum atomic E-state index is -0.799. The number of H-pyrrole nitrogens is 1. The standard InChI is InChI=1S/C20H25N3O3S/c1-2-26-15-7-12-8-17(20-22-14(11-27-20)9-18(24)25)23-19(12)16(10-15)21-13-5-3-4-6-13/h7-8,10,13-14,21,23H,2-6,9,11H2,1H3,(H,24,25)/t14-/m1/s1. The number of fused-ring (bicyclic) bond motifs is 1. The van der Waals surface area contributed by atoms with Gasteiger partial charge < -0.3 is 20.1 Å². The van der Waals surface area contributed by atoms with Crippen LogP contribution in [0.1, 0.15) is 44.7 Å². The van der Waals surface area contributed by atoms with E-state index in [0.29, 0.717) is 18.4 Å². The molecule has 0 radical (unpaired) electrons. The molecule has 7 heteroatoms. The highest BCUT2D eigenvalue weighted by atomic mass is 32.2. The van der Waals surface area contributed by atoms with Crippen LogP contribution in [0.2, 0.25) is 0 Å². The number of nitrogens with one attached hydrogen (secondary N) is 2. The zero-order valence-electron chi connectivity index (χ0n) is 15.5. The smallest absolute Gasteiger partial charge is 0.305 e. The van der Waals surface area contributed by atoms with Gasteiger partial charge in [0.2, 0.25) is 0 Å². The van der Waals surface area contributed by atoms with Gasteiger partial charge in [-0.1, -0.05) is 12.8 Å². The van der Waals surface area contributed by atoms with Crippen molar-refractivity contribution in [2.45, 2.75) is 51.1 Å². The summed E-state index contributed by atoms with van der Waals surface area (Å²) in [5, 5.41) is 14.7. The average Bonchev–Trinajstić information content (AvgIpc) is 3.34. The zero-order valence-corrected chi connectivity index (χ0v) is 16.3. The first-order valence-corrected chi connectivity index (χ1v) is 10.6. The normalized spacial score (nSPS) is 20.2. The molecule has 1 aliphatic heterocycles. The number of hydrogen-bond donors (Lipinski definition) is 3. The Morgan fingerprint density at radius 1 is 1.37 bits per heavy atom. The number of benzene rings is 1. The predicted octanol–water partition coefficient (Wildman–Crippen LogP) is 4.26. The Hall–Kier alpha value is -2.15. The molecule has 0 bridgehead atoms. The van der Waals surface area contributed by atoms with Crippen LogP contribution >= 0.6 is 11.8 Å². The van der Waals surface area contributed by atoms with E-state index in [-0.39, 0.29) is 12.5 Å². The molecule has 1 atom stereocenters. The van der Waals surface area contributed by atoms with Crippen LogP contribution < -0.4 is 10.1 Å². The number of aliphatic carboxylic acids is 1. The number of carbonyl (C=O) groups is 1. The molecule has 2 aromatic rings. The number of ether oxygens (including phenoxy) is 1. The molecule has 4 rings (SSSR count).